The SMILES string of the molecule is Cc1cccc(NC(=O)COc2ccc(Br)cc2[C@H]2c3sc(=O)[nH]c3SC3C(=O)N(CC(=O)O)C(=O)C32)c1. The molecule has 1 fully saturated rings. The second kappa shape index (κ2) is 10.4. The van der Waals surface area contributed by atoms with Crippen LogP contribution < -0.4 is 14.9 Å². The number of thioether (sulfide) groups is 1. The van der Waals surface area contributed by atoms with Crippen LogP contribution in [-0.2, 0) is 19.2 Å². The summed E-state index contributed by atoms with van der Waals surface area (Å²) in [6, 6.07) is 12.4. The molecular formula is C25H20BrN3O7S2. The Morgan fingerprint density at radius 3 is 2.68 bits per heavy atom. The number of aryl methyl sites for hydroxylation is 1. The Balaban J connectivity index is 1.49. The van der Waals surface area contributed by atoms with E-state index in [0.29, 0.717) is 31.4 Å². The molecule has 0 saturated carbocycles. The molecule has 1 saturated heterocycles. The van der Waals surface area contributed by atoms with Gasteiger partial charge in [-0.25, -0.2) is 0 Å². The molecule has 0 bridgehead atoms. The Hall–Kier alpha value is -3.42. The van der Waals surface area contributed by atoms with Gasteiger partial charge in [-0.15, -0.1) is 0 Å². The van der Waals surface area contributed by atoms with Gasteiger partial charge in [0.25, 0.3) is 5.91 Å². The molecule has 0 radical (unpaired) electrons. The predicted octanol–water partition coefficient (Wildman–Crippen LogP) is 3.20. The highest BCUT2D eigenvalue weighted by Crippen LogP contribution is 2.54. The van der Waals surface area contributed by atoms with Crippen molar-refractivity contribution in [3.8, 4) is 5.75 Å². The summed E-state index contributed by atoms with van der Waals surface area (Å²) in [6.45, 7) is 0.835. The van der Waals surface area contributed by atoms with E-state index in [2.05, 4.69) is 26.2 Å². The van der Waals surface area contributed by atoms with Crippen LogP contribution in [-0.4, -0.2) is 57.1 Å². The standard InChI is InChI=1S/C25H20BrN3O7S2/c1-11-3-2-4-13(7-11)27-16(30)10-36-15-6-5-12(26)8-14(15)18-19-21(37-22-20(18)38-25(35)28-22)24(34)29(23(19)33)9-17(31)32/h2-8,18-19,21H,9-10H2,1H3,(H,27,30)(H,28,35)(H,31,32)/t18-,19?,21?/m1/s1. The van der Waals surface area contributed by atoms with Crippen LogP contribution in [0, 0.1) is 12.8 Å². The summed E-state index contributed by atoms with van der Waals surface area (Å²) in [5.41, 5.74) is 2.10. The molecular weight excluding hydrogens is 598 g/mol. The van der Waals surface area contributed by atoms with Gasteiger partial charge in [-0.2, -0.15) is 0 Å². The number of benzene rings is 2. The number of aromatic amines is 1. The molecule has 13 heteroatoms. The van der Waals surface area contributed by atoms with Crippen LogP contribution in [0.3, 0.4) is 0 Å². The number of fused-ring (bicyclic) bond motifs is 2. The van der Waals surface area contributed by atoms with E-state index in [1.165, 1.54) is 0 Å². The van der Waals surface area contributed by atoms with Crippen LogP contribution in [0.2, 0.25) is 0 Å². The number of rotatable bonds is 7. The fraction of sp³-hybridized carbons (Fsp3) is 0.240. The highest BCUT2D eigenvalue weighted by Gasteiger charge is 2.56. The van der Waals surface area contributed by atoms with Gasteiger partial charge >= 0.3 is 10.8 Å². The maximum Gasteiger partial charge on any atom is 0.323 e. The van der Waals surface area contributed by atoms with Crippen molar-refractivity contribution in [2.24, 2.45) is 5.92 Å². The van der Waals surface area contributed by atoms with Gasteiger partial charge < -0.3 is 20.1 Å². The number of carboxylic acids is 1. The van der Waals surface area contributed by atoms with Crippen molar-refractivity contribution in [3.05, 3.63) is 72.6 Å². The summed E-state index contributed by atoms with van der Waals surface area (Å²) in [4.78, 5) is 66.4. The molecule has 38 heavy (non-hydrogen) atoms. The molecule has 3 aromatic rings. The molecule has 5 rings (SSSR count). The van der Waals surface area contributed by atoms with Crippen LogP contribution >= 0.6 is 39.0 Å². The largest absolute Gasteiger partial charge is 0.483 e. The molecule has 196 valence electrons. The lowest BCUT2D eigenvalue weighted by molar-refractivity contribution is -0.149. The molecule has 0 spiro atoms. The Kier molecular flexibility index (Phi) is 7.16. The Morgan fingerprint density at radius 1 is 1.16 bits per heavy atom. The zero-order chi connectivity index (χ0) is 27.1. The molecule has 10 nitrogen and oxygen atoms in total. The maximum atomic E-state index is 13.4. The number of H-pyrrole nitrogens is 1. The monoisotopic (exact) mass is 617 g/mol. The lowest BCUT2D eigenvalue weighted by atomic mass is 9.82. The highest BCUT2D eigenvalue weighted by molar-refractivity contribution is 9.10. The number of likely N-dealkylation sites (tertiary alicyclic amines) is 1. The lowest BCUT2D eigenvalue weighted by Gasteiger charge is -2.31. The van der Waals surface area contributed by atoms with Crippen LogP contribution in [0.1, 0.15) is 21.9 Å². The fourth-order valence-corrected chi connectivity index (χ4v) is 7.56. The van der Waals surface area contributed by atoms with E-state index in [9.17, 15) is 29.1 Å². The minimum absolute atomic E-state index is 0.298. The molecule has 2 aliphatic rings. The number of halogens is 1. The van der Waals surface area contributed by atoms with Crippen molar-refractivity contribution in [2.75, 3.05) is 18.5 Å². The number of nitrogens with zero attached hydrogens (tertiary/aromatic N) is 1. The maximum absolute atomic E-state index is 13.4. The molecule has 3 N–H and O–H groups in total. The Bertz CT molecular complexity index is 1540. The van der Waals surface area contributed by atoms with Crippen molar-refractivity contribution in [3.63, 3.8) is 0 Å². The van der Waals surface area contributed by atoms with Gasteiger partial charge in [-0.1, -0.05) is 51.2 Å². The first-order valence-corrected chi connectivity index (χ1v) is 13.9. The number of hydrogen-bond donors (Lipinski definition) is 3. The lowest BCUT2D eigenvalue weighted by Crippen LogP contribution is -2.36. The first-order valence-electron chi connectivity index (χ1n) is 11.4. The van der Waals surface area contributed by atoms with Crippen LogP contribution in [0.25, 0.3) is 0 Å². The molecule has 0 aliphatic carbocycles. The summed E-state index contributed by atoms with van der Waals surface area (Å²) < 4.78 is 6.56. The van der Waals surface area contributed by atoms with E-state index in [1.54, 1.807) is 24.3 Å². The summed E-state index contributed by atoms with van der Waals surface area (Å²) in [6.07, 6.45) is 0. The first kappa shape index (κ1) is 26.2. The molecule has 3 atom stereocenters. The number of carboxylic acid groups (broad SMARTS) is 1. The third kappa shape index (κ3) is 5.00. The molecule has 3 amide bonds. The normalized spacial score (nSPS) is 20.2. The zero-order valence-corrected chi connectivity index (χ0v) is 22.9. The van der Waals surface area contributed by atoms with Gasteiger partial charge in [0, 0.05) is 26.5 Å². The minimum atomic E-state index is -1.30. The van der Waals surface area contributed by atoms with Gasteiger partial charge in [0.05, 0.1) is 10.9 Å². The van der Waals surface area contributed by atoms with E-state index in [0.717, 1.165) is 33.6 Å². The van der Waals surface area contributed by atoms with E-state index in [4.69, 9.17) is 4.74 Å². The van der Waals surface area contributed by atoms with Gasteiger partial charge in [-0.05, 0) is 42.8 Å². The van der Waals surface area contributed by atoms with Crippen molar-refractivity contribution in [1.29, 1.82) is 0 Å². The summed E-state index contributed by atoms with van der Waals surface area (Å²) >= 11 is 5.41. The fourth-order valence-electron chi connectivity index (χ4n) is 4.66. The second-order valence-electron chi connectivity index (χ2n) is 8.79. The van der Waals surface area contributed by atoms with Crippen LogP contribution in [0.15, 0.2) is 56.8 Å². The van der Waals surface area contributed by atoms with Crippen LogP contribution in [0.4, 0.5) is 5.69 Å². The summed E-state index contributed by atoms with van der Waals surface area (Å²) in [5.74, 6) is -4.38. The number of hydrogen-bond acceptors (Lipinski definition) is 8. The predicted molar refractivity (Wildman–Crippen MR) is 144 cm³/mol. The van der Waals surface area contributed by atoms with E-state index in [-0.39, 0.29) is 11.5 Å². The Labute approximate surface area is 232 Å². The number of imide groups is 1. The number of amides is 3. The molecule has 2 aliphatic heterocycles. The number of anilines is 1. The number of carbonyl (C=O) groups is 4. The van der Waals surface area contributed by atoms with Crippen molar-refractivity contribution in [1.82, 2.24) is 9.88 Å². The summed E-state index contributed by atoms with van der Waals surface area (Å²) in [5, 5.41) is 11.6. The molecule has 1 aromatic heterocycles. The first-order chi connectivity index (χ1) is 18.1. The van der Waals surface area contributed by atoms with Gasteiger partial charge in [0.15, 0.2) is 6.61 Å². The molecule has 2 unspecified atom stereocenters. The van der Waals surface area contributed by atoms with Crippen molar-refractivity contribution < 1.29 is 29.0 Å². The highest BCUT2D eigenvalue weighted by atomic mass is 79.9. The van der Waals surface area contributed by atoms with E-state index < -0.39 is 47.3 Å². The summed E-state index contributed by atoms with van der Waals surface area (Å²) in [7, 11) is 0. The van der Waals surface area contributed by atoms with Gasteiger partial charge in [-0.3, -0.25) is 28.9 Å². The number of carbonyl (C=O) groups excluding carboxylic acids is 3. The van der Waals surface area contributed by atoms with Gasteiger partial charge in [0.2, 0.25) is 11.8 Å². The van der Waals surface area contributed by atoms with E-state index in [1.807, 2.05) is 25.1 Å². The number of aromatic nitrogens is 1. The third-order valence-electron chi connectivity index (χ3n) is 6.18. The van der Waals surface area contributed by atoms with Gasteiger partial charge in [0.1, 0.15) is 17.5 Å². The number of aliphatic carboxylic acids is 1. The molecule has 2 aromatic carbocycles. The van der Waals surface area contributed by atoms with Crippen molar-refractivity contribution in [2.45, 2.75) is 23.1 Å². The quantitative estimate of drug-likeness (QED) is 0.343. The number of thiazole rings is 1. The van der Waals surface area contributed by atoms with Crippen molar-refractivity contribution >= 4 is 68.4 Å². The smallest absolute Gasteiger partial charge is 0.323 e. The molecule has 3 heterocycles. The Morgan fingerprint density at radius 2 is 1.95 bits per heavy atom. The zero-order valence-electron chi connectivity index (χ0n) is 19.7. The second-order valence-corrected chi connectivity index (χ2v) is 11.9. The topological polar surface area (TPSA) is 146 Å². The third-order valence-corrected chi connectivity index (χ3v) is 9.07. The van der Waals surface area contributed by atoms with Crippen LogP contribution in [0.5, 0.6) is 5.75 Å². The van der Waals surface area contributed by atoms with E-state index >= 15 is 0 Å². The average Bonchev–Trinajstić information content (AvgIpc) is 3.33. The number of ether oxygens (including phenoxy) is 1. The average molecular weight is 618 g/mol. The number of nitrogens with one attached hydrogen (secondary N) is 2. The minimum Gasteiger partial charge on any atom is -0.483 e.